The number of aromatic hydroxyl groups is 1. The predicted octanol–water partition coefficient (Wildman–Crippen LogP) is 4.05. The quantitative estimate of drug-likeness (QED) is 0.324. The van der Waals surface area contributed by atoms with Crippen molar-refractivity contribution >= 4 is 40.0 Å². The number of carboxylic acids is 1. The minimum absolute atomic E-state index is 0.0305. The molecule has 0 spiro atoms. The second kappa shape index (κ2) is 10.3. The van der Waals surface area contributed by atoms with E-state index in [0.29, 0.717) is 28.9 Å². The minimum atomic E-state index is -1.16. The van der Waals surface area contributed by atoms with Gasteiger partial charge in [0.05, 0.1) is 23.5 Å². The van der Waals surface area contributed by atoms with Crippen LogP contribution in [0.2, 0.25) is 0 Å². The highest BCUT2D eigenvalue weighted by atomic mass is 16.4. The fourth-order valence-electron chi connectivity index (χ4n) is 3.78. The number of H-pyrrole nitrogens is 1. The van der Waals surface area contributed by atoms with Gasteiger partial charge in [-0.1, -0.05) is 30.3 Å². The molecule has 1 amide bonds. The van der Waals surface area contributed by atoms with E-state index in [1.807, 2.05) is 73.5 Å². The molecule has 9 nitrogen and oxygen atoms in total. The van der Waals surface area contributed by atoms with Crippen LogP contribution in [-0.2, 0) is 4.79 Å². The Balaban J connectivity index is 1.73. The lowest BCUT2D eigenvalue weighted by Crippen LogP contribution is -2.36. The summed E-state index contributed by atoms with van der Waals surface area (Å²) < 4.78 is 0. The Hall–Kier alpha value is -4.66. The third kappa shape index (κ3) is 5.05. The number of carboxylic acid groups (broad SMARTS) is 1. The summed E-state index contributed by atoms with van der Waals surface area (Å²) >= 11 is 0. The van der Waals surface area contributed by atoms with Gasteiger partial charge in [0.1, 0.15) is 5.65 Å². The molecule has 184 valence electrons. The number of likely N-dealkylation sites (N-methyl/N-ethyl adjacent to an activating group) is 2. The van der Waals surface area contributed by atoms with Crippen molar-refractivity contribution in [1.29, 1.82) is 0 Å². The standard InChI is InChI=1S/C27H27N5O4/c1-4-31(2)22(33)16-32(3)19-12-10-18(11-13-19)28-24(17-8-6-5-7-9-17)23-20-14-15-21(27(35)36)29-25(20)30-26(23)34/h5-15,34H,4,16H2,1-3H3,(H,29,30)(H,35,36). The molecule has 0 saturated heterocycles. The van der Waals surface area contributed by atoms with E-state index in [2.05, 4.69) is 9.97 Å². The summed E-state index contributed by atoms with van der Waals surface area (Å²) in [6.07, 6.45) is 0. The van der Waals surface area contributed by atoms with Crippen molar-refractivity contribution in [1.82, 2.24) is 14.9 Å². The Morgan fingerprint density at radius 2 is 1.69 bits per heavy atom. The van der Waals surface area contributed by atoms with Gasteiger partial charge in [0.2, 0.25) is 5.91 Å². The van der Waals surface area contributed by atoms with E-state index in [9.17, 15) is 19.8 Å². The highest BCUT2D eigenvalue weighted by Gasteiger charge is 2.20. The zero-order valence-electron chi connectivity index (χ0n) is 20.3. The average molecular weight is 486 g/mol. The Morgan fingerprint density at radius 3 is 2.33 bits per heavy atom. The molecule has 2 aromatic carbocycles. The first-order valence-corrected chi connectivity index (χ1v) is 11.4. The molecule has 0 saturated carbocycles. The number of nitrogens with zero attached hydrogens (tertiary/aromatic N) is 4. The number of nitrogens with one attached hydrogen (secondary N) is 1. The van der Waals surface area contributed by atoms with E-state index in [0.717, 1.165) is 11.3 Å². The molecule has 2 aromatic heterocycles. The first-order valence-electron chi connectivity index (χ1n) is 11.4. The van der Waals surface area contributed by atoms with Gasteiger partial charge in [-0.2, -0.15) is 0 Å². The number of amides is 1. The van der Waals surface area contributed by atoms with Gasteiger partial charge >= 0.3 is 5.97 Å². The molecule has 9 heteroatoms. The summed E-state index contributed by atoms with van der Waals surface area (Å²) in [4.78, 5) is 38.8. The van der Waals surface area contributed by atoms with Gasteiger partial charge < -0.3 is 25.0 Å². The fourth-order valence-corrected chi connectivity index (χ4v) is 3.78. The van der Waals surface area contributed by atoms with Crippen molar-refractivity contribution < 1.29 is 19.8 Å². The van der Waals surface area contributed by atoms with Crippen LogP contribution in [0, 0.1) is 0 Å². The van der Waals surface area contributed by atoms with Gasteiger partial charge in [-0.05, 0) is 43.3 Å². The topological polar surface area (TPSA) is 122 Å². The minimum Gasteiger partial charge on any atom is -0.494 e. The largest absolute Gasteiger partial charge is 0.494 e. The first-order chi connectivity index (χ1) is 17.3. The van der Waals surface area contributed by atoms with Crippen molar-refractivity contribution in [2.24, 2.45) is 4.99 Å². The third-order valence-electron chi connectivity index (χ3n) is 5.95. The summed E-state index contributed by atoms with van der Waals surface area (Å²) in [5.74, 6) is -1.28. The number of aliphatic imine (C=N–C) groups is 1. The van der Waals surface area contributed by atoms with Gasteiger partial charge in [-0.3, -0.25) is 4.79 Å². The Kier molecular flexibility index (Phi) is 7.00. The number of aromatic nitrogens is 2. The number of aromatic carboxylic acids is 1. The van der Waals surface area contributed by atoms with Gasteiger partial charge in [0.15, 0.2) is 11.6 Å². The smallest absolute Gasteiger partial charge is 0.354 e. The Morgan fingerprint density at radius 1 is 1.00 bits per heavy atom. The molecule has 0 unspecified atom stereocenters. The van der Waals surface area contributed by atoms with Crippen LogP contribution in [0.15, 0.2) is 71.7 Å². The summed E-state index contributed by atoms with van der Waals surface area (Å²) in [5, 5.41) is 20.6. The number of aromatic amines is 1. The fraction of sp³-hybridized carbons (Fsp3) is 0.185. The van der Waals surface area contributed by atoms with Crippen LogP contribution in [0.1, 0.15) is 28.5 Å². The highest BCUT2D eigenvalue weighted by Crippen LogP contribution is 2.31. The zero-order valence-corrected chi connectivity index (χ0v) is 20.3. The van der Waals surface area contributed by atoms with E-state index in [1.54, 1.807) is 18.0 Å². The molecule has 36 heavy (non-hydrogen) atoms. The van der Waals surface area contributed by atoms with E-state index in [4.69, 9.17) is 4.99 Å². The molecule has 0 aliphatic rings. The van der Waals surface area contributed by atoms with E-state index in [1.165, 1.54) is 6.07 Å². The number of hydrogen-bond acceptors (Lipinski definition) is 6. The number of anilines is 1. The molecule has 0 aliphatic carbocycles. The van der Waals surface area contributed by atoms with Crippen LogP contribution in [0.25, 0.3) is 11.0 Å². The number of hydrogen-bond donors (Lipinski definition) is 3. The average Bonchev–Trinajstić information content (AvgIpc) is 3.22. The van der Waals surface area contributed by atoms with Crippen molar-refractivity contribution in [3.63, 3.8) is 0 Å². The maximum atomic E-state index is 12.3. The lowest BCUT2D eigenvalue weighted by molar-refractivity contribution is -0.128. The summed E-state index contributed by atoms with van der Waals surface area (Å²) in [6.45, 7) is 2.84. The summed E-state index contributed by atoms with van der Waals surface area (Å²) in [7, 11) is 3.63. The SMILES string of the molecule is CCN(C)C(=O)CN(C)c1ccc(N=C(c2ccccc2)c2c(O)[nH]c3nc(C(=O)O)ccc23)cc1. The van der Waals surface area contributed by atoms with Crippen molar-refractivity contribution in [3.8, 4) is 5.88 Å². The number of fused-ring (bicyclic) bond motifs is 1. The molecule has 2 heterocycles. The van der Waals surface area contributed by atoms with Crippen LogP contribution >= 0.6 is 0 Å². The number of carbonyl (C=O) groups is 2. The molecule has 0 bridgehead atoms. The molecule has 4 rings (SSSR count). The molecule has 0 atom stereocenters. The molecule has 0 aliphatic heterocycles. The predicted molar refractivity (Wildman–Crippen MR) is 139 cm³/mol. The van der Waals surface area contributed by atoms with Gasteiger partial charge in [0, 0.05) is 37.3 Å². The lowest BCUT2D eigenvalue weighted by Gasteiger charge is -2.22. The number of rotatable bonds is 8. The maximum absolute atomic E-state index is 12.3. The molecule has 0 fully saturated rings. The van der Waals surface area contributed by atoms with Crippen LogP contribution in [0.3, 0.4) is 0 Å². The number of pyridine rings is 1. The van der Waals surface area contributed by atoms with Crippen LogP contribution in [-0.4, -0.2) is 69.9 Å². The van der Waals surface area contributed by atoms with Crippen molar-refractivity contribution in [2.45, 2.75) is 6.92 Å². The number of benzene rings is 2. The van der Waals surface area contributed by atoms with E-state index in [-0.39, 0.29) is 29.7 Å². The molecule has 0 radical (unpaired) electrons. The summed E-state index contributed by atoms with van der Waals surface area (Å²) in [5.41, 5.74) is 3.34. The van der Waals surface area contributed by atoms with Gasteiger partial charge in [-0.25, -0.2) is 14.8 Å². The molecular formula is C27H27N5O4. The number of carbonyl (C=O) groups excluding carboxylic acids is 1. The van der Waals surface area contributed by atoms with E-state index >= 15 is 0 Å². The highest BCUT2D eigenvalue weighted by molar-refractivity contribution is 6.21. The molecule has 3 N–H and O–H groups in total. The lowest BCUT2D eigenvalue weighted by atomic mass is 10.0. The second-order valence-electron chi connectivity index (χ2n) is 8.35. The van der Waals surface area contributed by atoms with Crippen molar-refractivity contribution in [2.75, 3.05) is 32.1 Å². The van der Waals surface area contributed by atoms with Crippen LogP contribution < -0.4 is 4.90 Å². The normalized spacial score (nSPS) is 11.5. The maximum Gasteiger partial charge on any atom is 0.354 e. The van der Waals surface area contributed by atoms with Gasteiger partial charge in [-0.15, -0.1) is 0 Å². The monoisotopic (exact) mass is 485 g/mol. The second-order valence-corrected chi connectivity index (χ2v) is 8.35. The zero-order chi connectivity index (χ0) is 25.8. The van der Waals surface area contributed by atoms with Gasteiger partial charge in [0.25, 0.3) is 0 Å². The first kappa shape index (κ1) is 24.5. The Labute approximate surface area is 208 Å². The van der Waals surface area contributed by atoms with Crippen LogP contribution in [0.5, 0.6) is 5.88 Å². The third-order valence-corrected chi connectivity index (χ3v) is 5.95. The molecular weight excluding hydrogens is 458 g/mol. The van der Waals surface area contributed by atoms with Crippen LogP contribution in [0.4, 0.5) is 11.4 Å². The van der Waals surface area contributed by atoms with E-state index < -0.39 is 5.97 Å². The van der Waals surface area contributed by atoms with Crippen molar-refractivity contribution in [3.05, 3.63) is 83.6 Å². The summed E-state index contributed by atoms with van der Waals surface area (Å²) in [6, 6.07) is 19.9. The molecule has 4 aromatic rings. The Bertz CT molecular complexity index is 1430.